The Morgan fingerprint density at radius 3 is 2.75 bits per heavy atom. The van der Waals surface area contributed by atoms with Crippen LogP contribution in [0, 0.1) is 5.92 Å². The van der Waals surface area contributed by atoms with Crippen molar-refractivity contribution in [3.05, 3.63) is 27.1 Å². The quantitative estimate of drug-likeness (QED) is 0.877. The summed E-state index contributed by atoms with van der Waals surface area (Å²) >= 11 is 6.75. The molecule has 0 aliphatic carbocycles. The van der Waals surface area contributed by atoms with Gasteiger partial charge in [-0.2, -0.15) is 0 Å². The van der Waals surface area contributed by atoms with Crippen LogP contribution in [-0.2, 0) is 4.79 Å². The molecule has 0 aliphatic heterocycles. The van der Waals surface area contributed by atoms with Crippen LogP contribution in [0.15, 0.2) is 27.1 Å². The highest BCUT2D eigenvalue weighted by atomic mass is 79.9. The van der Waals surface area contributed by atoms with Crippen LogP contribution in [0.4, 0.5) is 5.69 Å². The Balaban J connectivity index is 2.80. The summed E-state index contributed by atoms with van der Waals surface area (Å²) in [5.41, 5.74) is 6.28. The first kappa shape index (κ1) is 13.7. The van der Waals surface area contributed by atoms with E-state index in [0.29, 0.717) is 6.54 Å². The average molecular weight is 350 g/mol. The molecule has 1 amide bonds. The lowest BCUT2D eigenvalue weighted by atomic mass is 10.1. The summed E-state index contributed by atoms with van der Waals surface area (Å²) < 4.78 is 1.78. The van der Waals surface area contributed by atoms with E-state index in [0.717, 1.165) is 21.1 Å². The molecule has 3 N–H and O–H groups in total. The van der Waals surface area contributed by atoms with E-state index in [1.165, 1.54) is 0 Å². The highest BCUT2D eigenvalue weighted by Gasteiger charge is 2.15. The zero-order chi connectivity index (χ0) is 12.1. The molecule has 1 rings (SSSR count). The third kappa shape index (κ3) is 3.57. The van der Waals surface area contributed by atoms with Crippen LogP contribution >= 0.6 is 31.9 Å². The van der Waals surface area contributed by atoms with E-state index in [1.54, 1.807) is 0 Å². The molecule has 0 saturated carbocycles. The molecular formula is C11H14Br2N2O. The van der Waals surface area contributed by atoms with Gasteiger partial charge in [-0.1, -0.05) is 22.9 Å². The molecular weight excluding hydrogens is 336 g/mol. The third-order valence-corrected chi connectivity index (χ3v) is 3.52. The molecule has 0 radical (unpaired) electrons. The highest BCUT2D eigenvalue weighted by Crippen LogP contribution is 2.26. The number of rotatable bonds is 4. The van der Waals surface area contributed by atoms with Crippen molar-refractivity contribution in [1.29, 1.82) is 0 Å². The van der Waals surface area contributed by atoms with Gasteiger partial charge in [0, 0.05) is 15.5 Å². The van der Waals surface area contributed by atoms with E-state index >= 15 is 0 Å². The molecule has 16 heavy (non-hydrogen) atoms. The van der Waals surface area contributed by atoms with Crippen LogP contribution in [0.3, 0.4) is 0 Å². The minimum absolute atomic E-state index is 0.0381. The topological polar surface area (TPSA) is 55.1 Å². The largest absolute Gasteiger partial charge is 0.330 e. The minimum Gasteiger partial charge on any atom is -0.330 e. The molecule has 1 atom stereocenters. The normalized spacial score (nSPS) is 12.2. The Morgan fingerprint density at radius 2 is 2.19 bits per heavy atom. The van der Waals surface area contributed by atoms with Gasteiger partial charge in [-0.05, 0) is 40.5 Å². The summed E-state index contributed by atoms with van der Waals surface area (Å²) in [6, 6.07) is 5.63. The fraction of sp³-hybridized carbons (Fsp3) is 0.364. The van der Waals surface area contributed by atoms with Crippen molar-refractivity contribution in [2.45, 2.75) is 13.3 Å². The Bertz CT molecular complexity index is 378. The Labute approximate surface area is 112 Å². The van der Waals surface area contributed by atoms with Crippen LogP contribution in [0.2, 0.25) is 0 Å². The van der Waals surface area contributed by atoms with Crippen LogP contribution < -0.4 is 11.1 Å². The maximum atomic E-state index is 11.8. The molecule has 0 bridgehead atoms. The summed E-state index contributed by atoms with van der Waals surface area (Å²) in [4.78, 5) is 11.8. The van der Waals surface area contributed by atoms with E-state index in [2.05, 4.69) is 37.2 Å². The van der Waals surface area contributed by atoms with E-state index < -0.39 is 0 Å². The zero-order valence-corrected chi connectivity index (χ0v) is 12.1. The van der Waals surface area contributed by atoms with Crippen LogP contribution in [0.1, 0.15) is 13.3 Å². The van der Waals surface area contributed by atoms with Crippen molar-refractivity contribution in [1.82, 2.24) is 0 Å². The van der Waals surface area contributed by atoms with E-state index in [9.17, 15) is 4.79 Å². The fourth-order valence-corrected chi connectivity index (χ4v) is 1.99. The number of nitrogens with two attached hydrogens (primary N) is 1. The first-order valence-corrected chi connectivity index (χ1v) is 6.63. The van der Waals surface area contributed by atoms with Crippen molar-refractivity contribution in [2.75, 3.05) is 11.9 Å². The maximum absolute atomic E-state index is 11.8. The first-order chi connectivity index (χ1) is 7.58. The second-order valence-electron chi connectivity index (χ2n) is 3.45. The van der Waals surface area contributed by atoms with Gasteiger partial charge in [0.15, 0.2) is 0 Å². The monoisotopic (exact) mass is 348 g/mol. The van der Waals surface area contributed by atoms with E-state index in [1.807, 2.05) is 25.1 Å². The lowest BCUT2D eigenvalue weighted by molar-refractivity contribution is -0.119. The van der Waals surface area contributed by atoms with Gasteiger partial charge in [0.25, 0.3) is 0 Å². The average Bonchev–Trinajstić information content (AvgIpc) is 2.25. The van der Waals surface area contributed by atoms with Crippen LogP contribution in [0.5, 0.6) is 0 Å². The predicted octanol–water partition coefficient (Wildman–Crippen LogP) is 3.14. The number of nitrogens with one attached hydrogen (secondary N) is 1. The van der Waals surface area contributed by atoms with Crippen LogP contribution in [-0.4, -0.2) is 12.5 Å². The minimum atomic E-state index is -0.133. The van der Waals surface area contributed by atoms with Crippen molar-refractivity contribution < 1.29 is 4.79 Å². The number of hydrogen-bond acceptors (Lipinski definition) is 2. The van der Waals surface area contributed by atoms with Crippen molar-refractivity contribution >= 4 is 43.5 Å². The van der Waals surface area contributed by atoms with Gasteiger partial charge in [0.1, 0.15) is 0 Å². The van der Waals surface area contributed by atoms with E-state index in [-0.39, 0.29) is 11.8 Å². The summed E-state index contributed by atoms with van der Waals surface area (Å²) in [7, 11) is 0. The third-order valence-electron chi connectivity index (χ3n) is 2.33. The molecule has 0 saturated heterocycles. The molecule has 0 spiro atoms. The van der Waals surface area contributed by atoms with Gasteiger partial charge < -0.3 is 11.1 Å². The number of amides is 1. The molecule has 0 heterocycles. The molecule has 0 aliphatic rings. The molecule has 88 valence electrons. The molecule has 5 heteroatoms. The predicted molar refractivity (Wildman–Crippen MR) is 73.3 cm³/mol. The number of benzene rings is 1. The number of hydrogen-bond donors (Lipinski definition) is 2. The van der Waals surface area contributed by atoms with Gasteiger partial charge in [0.05, 0.1) is 11.6 Å². The van der Waals surface area contributed by atoms with Gasteiger partial charge in [-0.15, -0.1) is 0 Å². The van der Waals surface area contributed by atoms with Gasteiger partial charge in [-0.25, -0.2) is 0 Å². The van der Waals surface area contributed by atoms with Crippen molar-refractivity contribution in [3.63, 3.8) is 0 Å². The molecule has 1 aromatic carbocycles. The Morgan fingerprint density at radius 1 is 1.50 bits per heavy atom. The van der Waals surface area contributed by atoms with Crippen LogP contribution in [0.25, 0.3) is 0 Å². The SMILES string of the molecule is CCC(CN)C(=O)Nc1cc(Br)ccc1Br. The van der Waals surface area contributed by atoms with Gasteiger partial charge >= 0.3 is 0 Å². The second kappa shape index (κ2) is 6.37. The number of anilines is 1. The second-order valence-corrected chi connectivity index (χ2v) is 5.22. The van der Waals surface area contributed by atoms with Crippen molar-refractivity contribution in [3.8, 4) is 0 Å². The van der Waals surface area contributed by atoms with Gasteiger partial charge in [-0.3, -0.25) is 4.79 Å². The molecule has 0 aromatic heterocycles. The fourth-order valence-electron chi connectivity index (χ4n) is 1.29. The Hall–Kier alpha value is -0.390. The van der Waals surface area contributed by atoms with Crippen molar-refractivity contribution in [2.24, 2.45) is 11.7 Å². The zero-order valence-electron chi connectivity index (χ0n) is 8.97. The standard InChI is InChI=1S/C11H14Br2N2O/c1-2-7(6-14)11(16)15-10-5-8(12)3-4-9(10)13/h3-5,7H,2,6,14H2,1H3,(H,15,16). The number of halogens is 2. The summed E-state index contributed by atoms with van der Waals surface area (Å²) in [6.45, 7) is 2.32. The smallest absolute Gasteiger partial charge is 0.228 e. The number of carbonyl (C=O) groups is 1. The summed E-state index contributed by atoms with van der Waals surface area (Å²) in [6.07, 6.45) is 0.744. The molecule has 1 unspecified atom stereocenters. The maximum Gasteiger partial charge on any atom is 0.228 e. The highest BCUT2D eigenvalue weighted by molar-refractivity contribution is 9.11. The molecule has 1 aromatic rings. The molecule has 3 nitrogen and oxygen atoms in total. The number of carbonyl (C=O) groups excluding carboxylic acids is 1. The first-order valence-electron chi connectivity index (χ1n) is 5.04. The summed E-state index contributed by atoms with van der Waals surface area (Å²) in [5.74, 6) is -0.172. The van der Waals surface area contributed by atoms with E-state index in [4.69, 9.17) is 5.73 Å². The lowest BCUT2D eigenvalue weighted by Crippen LogP contribution is -2.28. The Kier molecular flexibility index (Phi) is 5.44. The summed E-state index contributed by atoms with van der Waals surface area (Å²) in [5, 5.41) is 2.86. The lowest BCUT2D eigenvalue weighted by Gasteiger charge is -2.13. The molecule has 0 fully saturated rings. The van der Waals surface area contributed by atoms with Gasteiger partial charge in [0.2, 0.25) is 5.91 Å².